The lowest BCUT2D eigenvalue weighted by Crippen LogP contribution is -2.39. The van der Waals surface area contributed by atoms with E-state index >= 15 is 0 Å². The number of hydrogen-bond acceptors (Lipinski definition) is 2. The van der Waals surface area contributed by atoms with Crippen molar-refractivity contribution in [3.8, 4) is 0 Å². The summed E-state index contributed by atoms with van der Waals surface area (Å²) >= 11 is 0. The monoisotopic (exact) mass is 198 g/mol. The van der Waals surface area contributed by atoms with Crippen LogP contribution in [0.25, 0.3) is 0 Å². The SMILES string of the molecule is CCN1CCCN(C(C)C(C)C)CC1. The van der Waals surface area contributed by atoms with Crippen LogP contribution < -0.4 is 0 Å². The zero-order valence-corrected chi connectivity index (χ0v) is 10.3. The first-order valence-electron chi connectivity index (χ1n) is 6.11. The summed E-state index contributed by atoms with van der Waals surface area (Å²) in [5, 5.41) is 0. The van der Waals surface area contributed by atoms with Crippen LogP contribution in [-0.4, -0.2) is 48.6 Å². The molecule has 0 saturated carbocycles. The normalized spacial score (nSPS) is 23.8. The molecule has 0 N–H and O–H groups in total. The molecule has 0 aromatic carbocycles. The first-order chi connectivity index (χ1) is 6.65. The maximum atomic E-state index is 2.65. The maximum Gasteiger partial charge on any atom is 0.0112 e. The van der Waals surface area contributed by atoms with Crippen molar-refractivity contribution in [2.45, 2.75) is 40.2 Å². The minimum atomic E-state index is 0.742. The molecule has 0 radical (unpaired) electrons. The third-order valence-electron chi connectivity index (χ3n) is 3.61. The standard InChI is InChI=1S/C12H26N2/c1-5-13-7-6-8-14(10-9-13)12(4)11(2)3/h11-12H,5-10H2,1-4H3. The van der Waals surface area contributed by atoms with Crippen molar-refractivity contribution < 1.29 is 0 Å². The first kappa shape index (κ1) is 12.0. The Bertz CT molecular complexity index is 156. The van der Waals surface area contributed by atoms with Gasteiger partial charge in [-0.25, -0.2) is 0 Å². The number of hydrogen-bond donors (Lipinski definition) is 0. The Morgan fingerprint density at radius 1 is 1.00 bits per heavy atom. The lowest BCUT2D eigenvalue weighted by molar-refractivity contribution is 0.172. The quantitative estimate of drug-likeness (QED) is 0.685. The van der Waals surface area contributed by atoms with Gasteiger partial charge < -0.3 is 4.90 Å². The van der Waals surface area contributed by atoms with Crippen molar-refractivity contribution in [3.05, 3.63) is 0 Å². The van der Waals surface area contributed by atoms with Crippen LogP contribution in [0.1, 0.15) is 34.1 Å². The van der Waals surface area contributed by atoms with Gasteiger partial charge in [0.15, 0.2) is 0 Å². The van der Waals surface area contributed by atoms with Crippen molar-refractivity contribution in [1.29, 1.82) is 0 Å². The fourth-order valence-electron chi connectivity index (χ4n) is 2.14. The summed E-state index contributed by atoms with van der Waals surface area (Å²) < 4.78 is 0. The molecule has 0 aliphatic carbocycles. The predicted octanol–water partition coefficient (Wildman–Crippen LogP) is 2.06. The second-order valence-electron chi connectivity index (χ2n) is 4.81. The largest absolute Gasteiger partial charge is 0.302 e. The Morgan fingerprint density at radius 3 is 2.29 bits per heavy atom. The second-order valence-corrected chi connectivity index (χ2v) is 4.81. The molecule has 0 amide bonds. The average Bonchev–Trinajstić information content (AvgIpc) is 2.41. The highest BCUT2D eigenvalue weighted by molar-refractivity contribution is 4.75. The van der Waals surface area contributed by atoms with E-state index in [9.17, 15) is 0 Å². The highest BCUT2D eigenvalue weighted by atomic mass is 15.2. The highest BCUT2D eigenvalue weighted by Gasteiger charge is 2.19. The number of rotatable bonds is 3. The van der Waals surface area contributed by atoms with E-state index in [0.29, 0.717) is 0 Å². The summed E-state index contributed by atoms with van der Waals surface area (Å²) in [4.78, 5) is 5.22. The molecule has 0 aromatic rings. The first-order valence-corrected chi connectivity index (χ1v) is 6.11. The molecule has 1 heterocycles. The van der Waals surface area contributed by atoms with Gasteiger partial charge in [0.05, 0.1) is 0 Å². The summed E-state index contributed by atoms with van der Waals surface area (Å²) in [5.74, 6) is 0.781. The van der Waals surface area contributed by atoms with Gasteiger partial charge in [0.25, 0.3) is 0 Å². The molecule has 1 atom stereocenters. The lowest BCUT2D eigenvalue weighted by atomic mass is 10.0. The van der Waals surface area contributed by atoms with Gasteiger partial charge in [-0.05, 0) is 38.9 Å². The fraction of sp³-hybridized carbons (Fsp3) is 1.00. The summed E-state index contributed by atoms with van der Waals surface area (Å²) in [6, 6.07) is 0.742. The molecule has 1 saturated heterocycles. The van der Waals surface area contributed by atoms with Gasteiger partial charge in [-0.2, -0.15) is 0 Å². The molecule has 0 spiro atoms. The molecule has 14 heavy (non-hydrogen) atoms. The van der Waals surface area contributed by atoms with Gasteiger partial charge in [0.2, 0.25) is 0 Å². The molecule has 1 aliphatic heterocycles. The highest BCUT2D eigenvalue weighted by Crippen LogP contribution is 2.13. The van der Waals surface area contributed by atoms with Gasteiger partial charge in [-0.3, -0.25) is 4.90 Å². The minimum Gasteiger partial charge on any atom is -0.302 e. The Hall–Kier alpha value is -0.0800. The third-order valence-corrected chi connectivity index (χ3v) is 3.61. The van der Waals surface area contributed by atoms with Crippen molar-refractivity contribution in [3.63, 3.8) is 0 Å². The van der Waals surface area contributed by atoms with Crippen LogP contribution >= 0.6 is 0 Å². The second kappa shape index (κ2) is 5.72. The molecule has 0 bridgehead atoms. The van der Waals surface area contributed by atoms with E-state index in [-0.39, 0.29) is 0 Å². The summed E-state index contributed by atoms with van der Waals surface area (Å²) in [6.45, 7) is 15.6. The summed E-state index contributed by atoms with van der Waals surface area (Å²) in [7, 11) is 0. The zero-order valence-electron chi connectivity index (χ0n) is 10.3. The van der Waals surface area contributed by atoms with Crippen molar-refractivity contribution in [2.75, 3.05) is 32.7 Å². The van der Waals surface area contributed by atoms with E-state index < -0.39 is 0 Å². The van der Waals surface area contributed by atoms with Gasteiger partial charge in [0, 0.05) is 19.1 Å². The predicted molar refractivity (Wildman–Crippen MR) is 62.6 cm³/mol. The smallest absolute Gasteiger partial charge is 0.0112 e. The molecular weight excluding hydrogens is 172 g/mol. The van der Waals surface area contributed by atoms with E-state index in [4.69, 9.17) is 0 Å². The van der Waals surface area contributed by atoms with Crippen LogP contribution in [0, 0.1) is 5.92 Å². The average molecular weight is 198 g/mol. The van der Waals surface area contributed by atoms with E-state index in [1.165, 1.54) is 39.1 Å². The van der Waals surface area contributed by atoms with Gasteiger partial charge >= 0.3 is 0 Å². The van der Waals surface area contributed by atoms with Crippen LogP contribution in [0.4, 0.5) is 0 Å². The van der Waals surface area contributed by atoms with E-state index in [1.54, 1.807) is 0 Å². The van der Waals surface area contributed by atoms with Gasteiger partial charge in [-0.1, -0.05) is 20.8 Å². The Balaban J connectivity index is 2.41. The molecular formula is C12H26N2. The van der Waals surface area contributed by atoms with E-state index in [1.807, 2.05) is 0 Å². The van der Waals surface area contributed by atoms with Gasteiger partial charge in [0.1, 0.15) is 0 Å². The molecule has 1 fully saturated rings. The molecule has 1 rings (SSSR count). The molecule has 2 heteroatoms. The van der Waals surface area contributed by atoms with E-state index in [0.717, 1.165) is 12.0 Å². The Morgan fingerprint density at radius 2 is 1.71 bits per heavy atom. The minimum absolute atomic E-state index is 0.742. The van der Waals surface area contributed by atoms with Crippen LogP contribution in [0.5, 0.6) is 0 Å². The molecule has 84 valence electrons. The van der Waals surface area contributed by atoms with Crippen LogP contribution in [0.3, 0.4) is 0 Å². The van der Waals surface area contributed by atoms with Crippen LogP contribution in [0.2, 0.25) is 0 Å². The number of nitrogens with zero attached hydrogens (tertiary/aromatic N) is 2. The van der Waals surface area contributed by atoms with Crippen molar-refractivity contribution >= 4 is 0 Å². The third kappa shape index (κ3) is 3.25. The molecule has 1 unspecified atom stereocenters. The van der Waals surface area contributed by atoms with Crippen LogP contribution in [-0.2, 0) is 0 Å². The summed E-state index contributed by atoms with van der Waals surface area (Å²) in [5.41, 5.74) is 0. The molecule has 1 aliphatic rings. The van der Waals surface area contributed by atoms with Gasteiger partial charge in [-0.15, -0.1) is 0 Å². The topological polar surface area (TPSA) is 6.48 Å². The molecule has 2 nitrogen and oxygen atoms in total. The number of likely N-dealkylation sites (N-methyl/N-ethyl adjacent to an activating group) is 1. The van der Waals surface area contributed by atoms with Crippen LogP contribution in [0.15, 0.2) is 0 Å². The fourth-order valence-corrected chi connectivity index (χ4v) is 2.14. The van der Waals surface area contributed by atoms with Crippen molar-refractivity contribution in [2.24, 2.45) is 5.92 Å². The van der Waals surface area contributed by atoms with E-state index in [2.05, 4.69) is 37.5 Å². The Kier molecular flexibility index (Phi) is 4.90. The zero-order chi connectivity index (χ0) is 10.6. The summed E-state index contributed by atoms with van der Waals surface area (Å²) in [6.07, 6.45) is 1.34. The Labute approximate surface area is 89.3 Å². The molecule has 0 aromatic heterocycles. The van der Waals surface area contributed by atoms with Crippen molar-refractivity contribution in [1.82, 2.24) is 9.80 Å². The lowest BCUT2D eigenvalue weighted by Gasteiger charge is -2.30. The maximum absolute atomic E-state index is 2.65.